The van der Waals surface area contributed by atoms with E-state index in [9.17, 15) is 0 Å². The topological polar surface area (TPSA) is 64.5 Å². The normalized spacial score (nSPS) is 29.1. The molecule has 21 heavy (non-hydrogen) atoms. The van der Waals surface area contributed by atoms with Crippen LogP contribution in [0.15, 0.2) is 27.4 Å². The maximum absolute atomic E-state index is 6.16. The van der Waals surface area contributed by atoms with Crippen LogP contribution in [0, 0.1) is 12.8 Å². The third-order valence-electron chi connectivity index (χ3n) is 4.35. The van der Waals surface area contributed by atoms with Gasteiger partial charge < -0.3 is 13.6 Å². The van der Waals surface area contributed by atoms with Crippen molar-refractivity contribution in [2.24, 2.45) is 5.92 Å². The number of aryl methyl sites for hydroxylation is 1. The third kappa shape index (κ3) is 2.73. The Bertz CT molecular complexity index is 581. The molecule has 4 heterocycles. The largest absolute Gasteiger partial charge is 0.472 e. The zero-order valence-corrected chi connectivity index (χ0v) is 12.1. The molecule has 3 atom stereocenters. The zero-order chi connectivity index (χ0) is 14.2. The van der Waals surface area contributed by atoms with Crippen LogP contribution < -0.4 is 0 Å². The summed E-state index contributed by atoms with van der Waals surface area (Å²) in [5.74, 6) is 1.92. The molecule has 0 unspecified atom stereocenters. The maximum atomic E-state index is 6.16. The van der Waals surface area contributed by atoms with E-state index in [1.165, 1.54) is 5.56 Å². The van der Waals surface area contributed by atoms with Crippen LogP contribution >= 0.6 is 0 Å². The van der Waals surface area contributed by atoms with Gasteiger partial charge in [-0.2, -0.15) is 0 Å². The molecule has 112 valence electrons. The van der Waals surface area contributed by atoms with E-state index < -0.39 is 0 Å². The van der Waals surface area contributed by atoms with Gasteiger partial charge in [-0.05, 0) is 12.5 Å². The summed E-state index contributed by atoms with van der Waals surface area (Å²) in [7, 11) is 0. The maximum Gasteiger partial charge on any atom is 0.219 e. The molecule has 2 aromatic rings. The number of rotatable bonds is 4. The first-order valence-electron chi connectivity index (χ1n) is 7.44. The molecule has 0 saturated carbocycles. The molecular weight excluding hydrogens is 270 g/mol. The average Bonchev–Trinajstić information content (AvgIpc) is 3.16. The molecule has 2 saturated heterocycles. The van der Waals surface area contributed by atoms with Gasteiger partial charge in [-0.3, -0.25) is 4.90 Å². The lowest BCUT2D eigenvalue weighted by Crippen LogP contribution is -2.25. The number of aromatic nitrogens is 2. The van der Waals surface area contributed by atoms with Gasteiger partial charge in [0.25, 0.3) is 0 Å². The molecule has 0 amide bonds. The van der Waals surface area contributed by atoms with Crippen LogP contribution in [-0.4, -0.2) is 40.4 Å². The smallest absolute Gasteiger partial charge is 0.219 e. The minimum absolute atomic E-state index is 0.218. The van der Waals surface area contributed by atoms with Crippen molar-refractivity contribution in [1.29, 1.82) is 0 Å². The fourth-order valence-electron chi connectivity index (χ4n) is 3.46. The highest BCUT2D eigenvalue weighted by molar-refractivity contribution is 5.06. The van der Waals surface area contributed by atoms with E-state index in [1.54, 1.807) is 6.26 Å². The van der Waals surface area contributed by atoms with Crippen LogP contribution in [0.25, 0.3) is 0 Å². The summed E-state index contributed by atoms with van der Waals surface area (Å²) < 4.78 is 16.7. The Labute approximate surface area is 123 Å². The first-order chi connectivity index (χ1) is 10.3. The molecule has 0 spiro atoms. The van der Waals surface area contributed by atoms with Crippen LogP contribution in [-0.2, 0) is 17.7 Å². The van der Waals surface area contributed by atoms with E-state index in [4.69, 9.17) is 13.6 Å². The van der Waals surface area contributed by atoms with Crippen LogP contribution in [0.2, 0.25) is 0 Å². The van der Waals surface area contributed by atoms with Gasteiger partial charge in [0.05, 0.1) is 31.2 Å². The molecule has 6 heteroatoms. The Hall–Kier alpha value is -1.66. The molecule has 4 rings (SSSR count). The van der Waals surface area contributed by atoms with Crippen molar-refractivity contribution >= 4 is 0 Å². The molecule has 2 aromatic heterocycles. The quantitative estimate of drug-likeness (QED) is 0.855. The van der Waals surface area contributed by atoms with Crippen molar-refractivity contribution in [2.75, 3.05) is 13.1 Å². The van der Waals surface area contributed by atoms with E-state index in [0.717, 1.165) is 32.5 Å². The summed E-state index contributed by atoms with van der Waals surface area (Å²) >= 11 is 0. The number of hydrogen-bond donors (Lipinski definition) is 0. The lowest BCUT2D eigenvalue weighted by molar-refractivity contribution is 0.0349. The van der Waals surface area contributed by atoms with E-state index >= 15 is 0 Å². The molecule has 6 nitrogen and oxygen atoms in total. The van der Waals surface area contributed by atoms with E-state index in [0.29, 0.717) is 23.8 Å². The van der Waals surface area contributed by atoms with E-state index in [1.807, 2.05) is 19.3 Å². The van der Waals surface area contributed by atoms with Crippen molar-refractivity contribution < 1.29 is 13.6 Å². The van der Waals surface area contributed by atoms with Crippen LogP contribution in [0.1, 0.15) is 23.8 Å². The van der Waals surface area contributed by atoms with Crippen LogP contribution in [0.3, 0.4) is 0 Å². The van der Waals surface area contributed by atoms with Crippen LogP contribution in [0.4, 0.5) is 0 Å². The molecule has 0 aliphatic carbocycles. The lowest BCUT2D eigenvalue weighted by atomic mass is 10.0. The summed E-state index contributed by atoms with van der Waals surface area (Å²) in [4.78, 5) is 2.44. The fourth-order valence-corrected chi connectivity index (χ4v) is 3.46. The van der Waals surface area contributed by atoms with Crippen molar-refractivity contribution in [3.63, 3.8) is 0 Å². The number of furan rings is 1. The molecule has 2 fully saturated rings. The second-order valence-corrected chi connectivity index (χ2v) is 6.04. The number of likely N-dealkylation sites (tertiary alicyclic amines) is 1. The van der Waals surface area contributed by atoms with Crippen molar-refractivity contribution in [1.82, 2.24) is 15.1 Å². The van der Waals surface area contributed by atoms with Gasteiger partial charge in [-0.15, -0.1) is 10.2 Å². The highest BCUT2D eigenvalue weighted by Crippen LogP contribution is 2.34. The third-order valence-corrected chi connectivity index (χ3v) is 4.35. The highest BCUT2D eigenvalue weighted by Gasteiger charge is 2.42. The average molecular weight is 289 g/mol. The highest BCUT2D eigenvalue weighted by atomic mass is 16.5. The number of hydrogen-bond acceptors (Lipinski definition) is 6. The molecule has 2 aliphatic heterocycles. The minimum atomic E-state index is 0.218. The van der Waals surface area contributed by atoms with Crippen molar-refractivity contribution in [3.05, 3.63) is 35.9 Å². The fraction of sp³-hybridized carbons (Fsp3) is 0.600. The second kappa shape index (κ2) is 5.27. The summed E-state index contributed by atoms with van der Waals surface area (Å²) in [6.45, 7) is 4.85. The van der Waals surface area contributed by atoms with Gasteiger partial charge in [0, 0.05) is 38.0 Å². The van der Waals surface area contributed by atoms with Gasteiger partial charge in [-0.25, -0.2) is 0 Å². The number of ether oxygens (including phenoxy) is 1. The van der Waals surface area contributed by atoms with E-state index in [2.05, 4.69) is 15.1 Å². The molecule has 0 aromatic carbocycles. The lowest BCUT2D eigenvalue weighted by Gasteiger charge is -2.17. The Morgan fingerprint density at radius 2 is 2.29 bits per heavy atom. The Kier molecular flexibility index (Phi) is 3.27. The second-order valence-electron chi connectivity index (χ2n) is 6.04. The van der Waals surface area contributed by atoms with Gasteiger partial charge in [-0.1, -0.05) is 0 Å². The molecule has 0 radical (unpaired) electrons. The van der Waals surface area contributed by atoms with Crippen LogP contribution in [0.5, 0.6) is 0 Å². The SMILES string of the molecule is Cc1nnc(C[C@H]2C[C@H]3CN(Cc4ccoc4)C[C@H]3O2)o1. The van der Waals surface area contributed by atoms with Crippen molar-refractivity contribution in [2.45, 2.75) is 38.5 Å². The number of fused-ring (bicyclic) bond motifs is 1. The Morgan fingerprint density at radius 1 is 1.33 bits per heavy atom. The summed E-state index contributed by atoms with van der Waals surface area (Å²) in [6, 6.07) is 2.02. The van der Waals surface area contributed by atoms with Gasteiger partial charge >= 0.3 is 0 Å². The molecule has 0 bridgehead atoms. The summed E-state index contributed by atoms with van der Waals surface area (Å²) in [5, 5.41) is 7.92. The summed E-state index contributed by atoms with van der Waals surface area (Å²) in [6.07, 6.45) is 5.91. The standard InChI is InChI=1S/C15H19N3O3/c1-10-16-17-15(20-10)5-13-4-12-7-18(8-14(12)21-13)6-11-2-3-19-9-11/h2-3,9,12-14H,4-8H2,1H3/t12-,13+,14+/m0/s1. The van der Waals surface area contributed by atoms with Crippen molar-refractivity contribution in [3.8, 4) is 0 Å². The molecule has 0 N–H and O–H groups in total. The van der Waals surface area contributed by atoms with Gasteiger partial charge in [0.2, 0.25) is 11.8 Å². The van der Waals surface area contributed by atoms with E-state index in [-0.39, 0.29) is 6.10 Å². The van der Waals surface area contributed by atoms with Gasteiger partial charge in [0.1, 0.15) is 0 Å². The predicted molar refractivity (Wildman–Crippen MR) is 73.5 cm³/mol. The number of nitrogens with zero attached hydrogens (tertiary/aromatic N) is 3. The first kappa shape index (κ1) is 13.0. The molecule has 2 aliphatic rings. The first-order valence-corrected chi connectivity index (χ1v) is 7.44. The summed E-state index contributed by atoms with van der Waals surface area (Å²) in [5.41, 5.74) is 1.23. The molecular formula is C15H19N3O3. The Balaban J connectivity index is 1.31. The Morgan fingerprint density at radius 3 is 3.00 bits per heavy atom. The van der Waals surface area contributed by atoms with Gasteiger partial charge in [0.15, 0.2) is 0 Å². The zero-order valence-electron chi connectivity index (χ0n) is 12.1. The monoisotopic (exact) mass is 289 g/mol. The minimum Gasteiger partial charge on any atom is -0.472 e. The predicted octanol–water partition coefficient (Wildman–Crippen LogP) is 1.80.